The summed E-state index contributed by atoms with van der Waals surface area (Å²) in [6.45, 7) is 9.04. The van der Waals surface area contributed by atoms with Gasteiger partial charge in [0, 0.05) is 38.8 Å². The summed E-state index contributed by atoms with van der Waals surface area (Å²) in [6, 6.07) is 0.924. The van der Waals surface area contributed by atoms with Crippen molar-refractivity contribution < 1.29 is 0 Å². The van der Waals surface area contributed by atoms with E-state index in [4.69, 9.17) is 0 Å². The Morgan fingerprint density at radius 3 is 2.25 bits per heavy atom. The van der Waals surface area contributed by atoms with E-state index < -0.39 is 0 Å². The zero-order valence-electron chi connectivity index (χ0n) is 12.3. The Labute approximate surface area is 142 Å². The van der Waals surface area contributed by atoms with Crippen molar-refractivity contribution in [1.29, 1.82) is 0 Å². The maximum absolute atomic E-state index is 3.46. The first-order chi connectivity index (χ1) is 8.43. The molecule has 3 nitrogen and oxygen atoms in total. The minimum Gasteiger partial charge on any atom is -0.314 e. The van der Waals surface area contributed by atoms with Crippen LogP contribution in [0.2, 0.25) is 0 Å². The first kappa shape index (κ1) is 20.8. The highest BCUT2D eigenvalue weighted by molar-refractivity contribution is 5.86. The van der Waals surface area contributed by atoms with Crippen LogP contribution in [-0.4, -0.2) is 61.7 Å². The van der Waals surface area contributed by atoms with Gasteiger partial charge in [-0.2, -0.15) is 0 Å². The van der Waals surface area contributed by atoms with Crippen molar-refractivity contribution in [1.82, 2.24) is 15.1 Å². The summed E-state index contributed by atoms with van der Waals surface area (Å²) in [6.07, 6.45) is 7.30. The fourth-order valence-corrected chi connectivity index (χ4v) is 4.02. The highest BCUT2D eigenvalue weighted by Gasteiger charge is 2.33. The quantitative estimate of drug-likeness (QED) is 0.828. The summed E-state index contributed by atoms with van der Waals surface area (Å²) < 4.78 is 0. The van der Waals surface area contributed by atoms with Crippen LogP contribution in [0.1, 0.15) is 32.1 Å². The Morgan fingerprint density at radius 2 is 1.50 bits per heavy atom. The van der Waals surface area contributed by atoms with Gasteiger partial charge in [-0.1, -0.05) is 6.42 Å². The van der Waals surface area contributed by atoms with E-state index in [1.807, 2.05) is 0 Å². The second-order valence-corrected chi connectivity index (χ2v) is 6.05. The van der Waals surface area contributed by atoms with Gasteiger partial charge < -0.3 is 15.1 Å². The maximum atomic E-state index is 3.46. The monoisotopic (exact) mass is 345 g/mol. The van der Waals surface area contributed by atoms with Crippen molar-refractivity contribution in [3.8, 4) is 0 Å². The number of nitrogens with zero attached hydrogens (tertiary/aromatic N) is 2. The molecule has 122 valence electrons. The smallest absolute Gasteiger partial charge is 0.0136 e. The van der Waals surface area contributed by atoms with Gasteiger partial charge in [0.1, 0.15) is 0 Å². The first-order valence-electron chi connectivity index (χ1n) is 7.60. The average Bonchev–Trinajstić information content (AvgIpc) is 2.40. The molecular formula is C14H30Cl3N3. The molecule has 20 heavy (non-hydrogen) atoms. The first-order valence-corrected chi connectivity index (χ1v) is 7.60. The third-order valence-electron chi connectivity index (χ3n) is 4.93. The van der Waals surface area contributed by atoms with Crippen molar-refractivity contribution in [2.75, 3.05) is 45.8 Å². The standard InChI is InChI=1S/C14H27N3.3ClH/c1-2-8-17-9-3-4-13(14(17)5-1)12-16-10-6-15-7-11-16;;;/h13-15H,1-12H2;3*1H/t13-,14+;;;/m0.../s1. The largest absolute Gasteiger partial charge is 0.314 e. The number of rotatable bonds is 2. The van der Waals surface area contributed by atoms with Crippen molar-refractivity contribution in [2.45, 2.75) is 38.1 Å². The zero-order chi connectivity index (χ0) is 11.5. The predicted octanol–water partition coefficient (Wildman–Crippen LogP) is 2.42. The highest BCUT2D eigenvalue weighted by Crippen LogP contribution is 2.31. The lowest BCUT2D eigenvalue weighted by Gasteiger charge is -2.46. The van der Waals surface area contributed by atoms with Crippen LogP contribution < -0.4 is 5.32 Å². The molecule has 0 amide bonds. The van der Waals surface area contributed by atoms with Gasteiger partial charge in [-0.25, -0.2) is 0 Å². The maximum Gasteiger partial charge on any atom is 0.0136 e. The second kappa shape index (κ2) is 10.5. The van der Waals surface area contributed by atoms with Gasteiger partial charge in [0.25, 0.3) is 0 Å². The van der Waals surface area contributed by atoms with Crippen molar-refractivity contribution in [3.63, 3.8) is 0 Å². The van der Waals surface area contributed by atoms with Gasteiger partial charge in [0.05, 0.1) is 0 Å². The molecule has 0 radical (unpaired) electrons. The van der Waals surface area contributed by atoms with E-state index in [1.165, 1.54) is 77.9 Å². The van der Waals surface area contributed by atoms with Gasteiger partial charge >= 0.3 is 0 Å². The summed E-state index contributed by atoms with van der Waals surface area (Å²) in [4.78, 5) is 5.49. The zero-order valence-corrected chi connectivity index (χ0v) is 14.7. The summed E-state index contributed by atoms with van der Waals surface area (Å²) in [5.74, 6) is 0.960. The molecular weight excluding hydrogens is 317 g/mol. The Morgan fingerprint density at radius 1 is 0.800 bits per heavy atom. The van der Waals surface area contributed by atoms with E-state index in [2.05, 4.69) is 15.1 Å². The Bertz CT molecular complexity index is 248. The van der Waals surface area contributed by atoms with E-state index in [1.54, 1.807) is 0 Å². The van der Waals surface area contributed by atoms with Gasteiger partial charge in [-0.15, -0.1) is 37.2 Å². The number of piperidine rings is 2. The molecule has 1 N–H and O–H groups in total. The molecule has 0 aromatic carbocycles. The molecule has 3 heterocycles. The minimum atomic E-state index is 0. The molecule has 6 heteroatoms. The van der Waals surface area contributed by atoms with E-state index in [9.17, 15) is 0 Å². The van der Waals surface area contributed by atoms with Gasteiger partial charge in [0.15, 0.2) is 0 Å². The van der Waals surface area contributed by atoms with Crippen LogP contribution in [0.25, 0.3) is 0 Å². The van der Waals surface area contributed by atoms with Crippen LogP contribution in [-0.2, 0) is 0 Å². The van der Waals surface area contributed by atoms with Crippen molar-refractivity contribution >= 4 is 37.2 Å². The fourth-order valence-electron chi connectivity index (χ4n) is 4.02. The molecule has 0 aromatic heterocycles. The number of hydrogen-bond donors (Lipinski definition) is 1. The van der Waals surface area contributed by atoms with E-state index >= 15 is 0 Å². The van der Waals surface area contributed by atoms with E-state index in [0.717, 1.165) is 12.0 Å². The van der Waals surface area contributed by atoms with Crippen LogP contribution >= 0.6 is 37.2 Å². The van der Waals surface area contributed by atoms with Crippen LogP contribution in [0, 0.1) is 5.92 Å². The van der Waals surface area contributed by atoms with E-state index in [-0.39, 0.29) is 37.2 Å². The Balaban J connectivity index is 0.00000120. The Hall–Kier alpha value is 0.750. The Kier molecular flexibility index (Phi) is 10.9. The lowest BCUT2D eigenvalue weighted by molar-refractivity contribution is 0.0383. The van der Waals surface area contributed by atoms with Crippen LogP contribution in [0.15, 0.2) is 0 Å². The van der Waals surface area contributed by atoms with E-state index in [0.29, 0.717) is 0 Å². The van der Waals surface area contributed by atoms with Crippen molar-refractivity contribution in [2.24, 2.45) is 5.92 Å². The average molecular weight is 347 g/mol. The van der Waals surface area contributed by atoms with Gasteiger partial charge in [-0.05, 0) is 44.7 Å². The molecule has 2 atom stereocenters. The van der Waals surface area contributed by atoms with Gasteiger partial charge in [0.2, 0.25) is 0 Å². The number of hydrogen-bond acceptors (Lipinski definition) is 3. The number of nitrogens with one attached hydrogen (secondary N) is 1. The molecule has 0 unspecified atom stereocenters. The number of halogens is 3. The molecule has 0 saturated carbocycles. The molecule has 3 saturated heterocycles. The SMILES string of the molecule is C1CCN2CCC[C@@H](CN3CCNCC3)[C@H]2C1.Cl.Cl.Cl. The molecule has 3 aliphatic rings. The highest BCUT2D eigenvalue weighted by atomic mass is 35.5. The molecule has 0 spiro atoms. The fraction of sp³-hybridized carbons (Fsp3) is 1.00. The van der Waals surface area contributed by atoms with Crippen LogP contribution in [0.3, 0.4) is 0 Å². The van der Waals surface area contributed by atoms with Crippen LogP contribution in [0.5, 0.6) is 0 Å². The molecule has 0 aromatic rings. The molecule has 3 aliphatic heterocycles. The van der Waals surface area contributed by atoms with Crippen LogP contribution in [0.4, 0.5) is 0 Å². The summed E-state index contributed by atoms with van der Waals surface area (Å²) >= 11 is 0. The third kappa shape index (κ3) is 5.19. The topological polar surface area (TPSA) is 18.5 Å². The lowest BCUT2D eigenvalue weighted by atomic mass is 9.83. The number of piperazine rings is 1. The molecule has 0 aliphatic carbocycles. The second-order valence-electron chi connectivity index (χ2n) is 6.05. The normalized spacial score (nSPS) is 31.2. The molecule has 3 rings (SSSR count). The summed E-state index contributed by atoms with van der Waals surface area (Å²) in [5, 5.41) is 3.46. The van der Waals surface area contributed by atoms with Crippen molar-refractivity contribution in [3.05, 3.63) is 0 Å². The van der Waals surface area contributed by atoms with Gasteiger partial charge in [-0.3, -0.25) is 0 Å². The molecule has 3 fully saturated rings. The number of fused-ring (bicyclic) bond motifs is 1. The third-order valence-corrected chi connectivity index (χ3v) is 4.93. The lowest BCUT2D eigenvalue weighted by Crippen LogP contribution is -2.53. The predicted molar refractivity (Wildman–Crippen MR) is 93.0 cm³/mol. The minimum absolute atomic E-state index is 0. The molecule has 0 bridgehead atoms. The summed E-state index contributed by atoms with van der Waals surface area (Å²) in [5.41, 5.74) is 0. The summed E-state index contributed by atoms with van der Waals surface area (Å²) in [7, 11) is 0.